The largest absolute Gasteiger partial charge is 0.378 e. The highest BCUT2D eigenvalue weighted by atomic mass is 79.9. The standard InChI is InChI=1S/C18H18BrN3O3S2/c1-12-10-14(3-4-15(12)19)27(23,24)21-13-2-5-16-17(11-13)26-18(20-16)22-6-8-25-9-7-22/h2-5,10-11,21H,6-9H2,1H3. The highest BCUT2D eigenvalue weighted by molar-refractivity contribution is 9.10. The van der Waals surface area contributed by atoms with Crippen LogP contribution in [0.2, 0.25) is 0 Å². The number of morpholine rings is 1. The molecule has 3 aromatic rings. The van der Waals surface area contributed by atoms with Crippen LogP contribution in [-0.2, 0) is 14.8 Å². The quantitative estimate of drug-likeness (QED) is 0.627. The van der Waals surface area contributed by atoms with Gasteiger partial charge in [-0.05, 0) is 48.9 Å². The van der Waals surface area contributed by atoms with E-state index < -0.39 is 10.0 Å². The number of benzene rings is 2. The molecule has 1 aliphatic heterocycles. The smallest absolute Gasteiger partial charge is 0.261 e. The van der Waals surface area contributed by atoms with Crippen LogP contribution in [-0.4, -0.2) is 39.7 Å². The van der Waals surface area contributed by atoms with Crippen molar-refractivity contribution in [1.82, 2.24) is 4.98 Å². The van der Waals surface area contributed by atoms with Gasteiger partial charge in [0.1, 0.15) is 0 Å². The second kappa shape index (κ2) is 7.38. The zero-order chi connectivity index (χ0) is 19.0. The molecule has 1 aromatic heterocycles. The van der Waals surface area contributed by atoms with Gasteiger partial charge in [0.25, 0.3) is 10.0 Å². The van der Waals surface area contributed by atoms with Crippen LogP contribution in [0, 0.1) is 6.92 Å². The number of ether oxygens (including phenoxy) is 1. The van der Waals surface area contributed by atoms with E-state index in [0.717, 1.165) is 38.5 Å². The molecule has 0 spiro atoms. The number of nitrogens with zero attached hydrogens (tertiary/aromatic N) is 2. The van der Waals surface area contributed by atoms with E-state index in [2.05, 4.69) is 30.5 Å². The predicted octanol–water partition coefficient (Wildman–Crippen LogP) is 4.00. The number of aryl methyl sites for hydroxylation is 1. The third-order valence-electron chi connectivity index (χ3n) is 4.35. The Labute approximate surface area is 170 Å². The summed E-state index contributed by atoms with van der Waals surface area (Å²) in [5.41, 5.74) is 2.26. The number of anilines is 2. The Bertz CT molecular complexity index is 1090. The second-order valence-electron chi connectivity index (χ2n) is 6.29. The number of fused-ring (bicyclic) bond motifs is 1. The third-order valence-corrected chi connectivity index (χ3v) is 7.70. The molecule has 0 aliphatic carbocycles. The van der Waals surface area contributed by atoms with Crippen molar-refractivity contribution in [2.75, 3.05) is 35.9 Å². The molecule has 0 amide bonds. The van der Waals surface area contributed by atoms with Gasteiger partial charge < -0.3 is 9.64 Å². The molecular weight excluding hydrogens is 450 g/mol. The monoisotopic (exact) mass is 467 g/mol. The summed E-state index contributed by atoms with van der Waals surface area (Å²) in [4.78, 5) is 7.09. The van der Waals surface area contributed by atoms with E-state index in [1.54, 1.807) is 35.6 Å². The number of hydrogen-bond donors (Lipinski definition) is 1. The zero-order valence-corrected chi connectivity index (χ0v) is 17.8. The molecule has 4 rings (SSSR count). The zero-order valence-electron chi connectivity index (χ0n) is 14.6. The Kier molecular flexibility index (Phi) is 5.11. The molecular formula is C18H18BrN3O3S2. The molecule has 1 aliphatic rings. The lowest BCUT2D eigenvalue weighted by molar-refractivity contribution is 0.122. The predicted molar refractivity (Wildman–Crippen MR) is 112 cm³/mol. The Morgan fingerprint density at radius 3 is 2.70 bits per heavy atom. The van der Waals surface area contributed by atoms with E-state index >= 15 is 0 Å². The maximum absolute atomic E-state index is 12.7. The van der Waals surface area contributed by atoms with Crippen molar-refractivity contribution >= 4 is 58.3 Å². The number of halogens is 1. The fourth-order valence-electron chi connectivity index (χ4n) is 2.86. The number of sulfonamides is 1. The summed E-state index contributed by atoms with van der Waals surface area (Å²) >= 11 is 4.95. The first kappa shape index (κ1) is 18.7. The molecule has 1 saturated heterocycles. The molecule has 0 atom stereocenters. The maximum Gasteiger partial charge on any atom is 0.261 e. The molecule has 1 N–H and O–H groups in total. The average Bonchev–Trinajstić information content (AvgIpc) is 3.07. The molecule has 9 heteroatoms. The number of rotatable bonds is 4. The maximum atomic E-state index is 12.7. The lowest BCUT2D eigenvalue weighted by atomic mass is 10.2. The van der Waals surface area contributed by atoms with Gasteiger partial charge in [0, 0.05) is 17.6 Å². The second-order valence-corrected chi connectivity index (χ2v) is 9.84. The number of thiazole rings is 1. The first-order chi connectivity index (χ1) is 12.9. The van der Waals surface area contributed by atoms with Gasteiger partial charge in [-0.3, -0.25) is 4.72 Å². The van der Waals surface area contributed by atoms with Crippen molar-refractivity contribution in [3.05, 3.63) is 46.4 Å². The molecule has 142 valence electrons. The highest BCUT2D eigenvalue weighted by Crippen LogP contribution is 2.32. The minimum absolute atomic E-state index is 0.238. The molecule has 27 heavy (non-hydrogen) atoms. The number of aromatic nitrogens is 1. The first-order valence-corrected chi connectivity index (χ1v) is 11.5. The lowest BCUT2D eigenvalue weighted by Gasteiger charge is -2.25. The summed E-state index contributed by atoms with van der Waals surface area (Å²) in [6.07, 6.45) is 0. The van der Waals surface area contributed by atoms with Crippen molar-refractivity contribution in [2.45, 2.75) is 11.8 Å². The Hall–Kier alpha value is -1.68. The molecule has 6 nitrogen and oxygen atoms in total. The summed E-state index contributed by atoms with van der Waals surface area (Å²) in [5.74, 6) is 0. The van der Waals surface area contributed by atoms with Gasteiger partial charge >= 0.3 is 0 Å². The van der Waals surface area contributed by atoms with Crippen molar-refractivity contribution in [1.29, 1.82) is 0 Å². The minimum atomic E-state index is -3.65. The van der Waals surface area contributed by atoms with Gasteiger partial charge in [-0.15, -0.1) is 0 Å². The van der Waals surface area contributed by atoms with E-state index in [4.69, 9.17) is 4.74 Å². The minimum Gasteiger partial charge on any atom is -0.378 e. The fraction of sp³-hybridized carbons (Fsp3) is 0.278. The van der Waals surface area contributed by atoms with Gasteiger partial charge in [-0.25, -0.2) is 13.4 Å². The van der Waals surface area contributed by atoms with Gasteiger partial charge in [-0.2, -0.15) is 0 Å². The molecule has 0 radical (unpaired) electrons. The van der Waals surface area contributed by atoms with Crippen LogP contribution in [0.1, 0.15) is 5.56 Å². The average molecular weight is 468 g/mol. The van der Waals surface area contributed by atoms with E-state index in [9.17, 15) is 8.42 Å². The van der Waals surface area contributed by atoms with Gasteiger partial charge in [0.05, 0.1) is 34.0 Å². The van der Waals surface area contributed by atoms with E-state index in [1.807, 2.05) is 19.1 Å². The summed E-state index contributed by atoms with van der Waals surface area (Å²) in [5, 5.41) is 0.942. The Morgan fingerprint density at radius 2 is 1.96 bits per heavy atom. The topological polar surface area (TPSA) is 71.5 Å². The van der Waals surface area contributed by atoms with Crippen molar-refractivity contribution in [2.24, 2.45) is 0 Å². The molecule has 0 bridgehead atoms. The van der Waals surface area contributed by atoms with Crippen LogP contribution < -0.4 is 9.62 Å². The molecule has 0 saturated carbocycles. The van der Waals surface area contributed by atoms with Crippen LogP contribution in [0.25, 0.3) is 10.2 Å². The summed E-state index contributed by atoms with van der Waals surface area (Å²) in [6, 6.07) is 10.4. The summed E-state index contributed by atoms with van der Waals surface area (Å²) < 4.78 is 35.3. The normalized spacial score (nSPS) is 15.3. The lowest BCUT2D eigenvalue weighted by Crippen LogP contribution is -2.36. The Morgan fingerprint density at radius 1 is 1.19 bits per heavy atom. The van der Waals surface area contributed by atoms with Crippen LogP contribution in [0.3, 0.4) is 0 Å². The number of hydrogen-bond acceptors (Lipinski definition) is 6. The van der Waals surface area contributed by atoms with E-state index in [-0.39, 0.29) is 4.90 Å². The Balaban J connectivity index is 1.60. The van der Waals surface area contributed by atoms with E-state index in [0.29, 0.717) is 18.9 Å². The van der Waals surface area contributed by atoms with Crippen molar-refractivity contribution in [3.8, 4) is 0 Å². The van der Waals surface area contributed by atoms with Crippen molar-refractivity contribution in [3.63, 3.8) is 0 Å². The van der Waals surface area contributed by atoms with Crippen LogP contribution in [0.15, 0.2) is 45.8 Å². The van der Waals surface area contributed by atoms with Crippen molar-refractivity contribution < 1.29 is 13.2 Å². The van der Waals surface area contributed by atoms with Gasteiger partial charge in [0.15, 0.2) is 5.13 Å². The fourth-order valence-corrected chi connectivity index (χ4v) is 5.30. The molecule has 2 aromatic carbocycles. The summed E-state index contributed by atoms with van der Waals surface area (Å²) in [7, 11) is -3.65. The van der Waals surface area contributed by atoms with E-state index in [1.165, 1.54) is 0 Å². The van der Waals surface area contributed by atoms with Gasteiger partial charge in [-0.1, -0.05) is 27.3 Å². The molecule has 1 fully saturated rings. The first-order valence-electron chi connectivity index (χ1n) is 8.45. The van der Waals surface area contributed by atoms with Crippen LogP contribution >= 0.6 is 27.3 Å². The molecule has 0 unspecified atom stereocenters. The third kappa shape index (κ3) is 3.96. The van der Waals surface area contributed by atoms with Crippen LogP contribution in [0.5, 0.6) is 0 Å². The molecule has 2 heterocycles. The SMILES string of the molecule is Cc1cc(S(=O)(=O)Nc2ccc3nc(N4CCOCC4)sc3c2)ccc1Br. The van der Waals surface area contributed by atoms with Gasteiger partial charge in [0.2, 0.25) is 0 Å². The summed E-state index contributed by atoms with van der Waals surface area (Å²) in [6.45, 7) is 4.91. The number of nitrogens with one attached hydrogen (secondary N) is 1. The van der Waals surface area contributed by atoms with Crippen LogP contribution in [0.4, 0.5) is 10.8 Å². The highest BCUT2D eigenvalue weighted by Gasteiger charge is 2.18.